The van der Waals surface area contributed by atoms with E-state index in [-0.39, 0.29) is 17.7 Å². The zero-order valence-corrected chi connectivity index (χ0v) is 7.10. The lowest BCUT2D eigenvalue weighted by Gasteiger charge is -2.12. The third kappa shape index (κ3) is 1.86. The highest BCUT2D eigenvalue weighted by Crippen LogP contribution is 2.32. The van der Waals surface area contributed by atoms with Crippen LogP contribution >= 0.6 is 0 Å². The van der Waals surface area contributed by atoms with E-state index < -0.39 is 11.7 Å². The van der Waals surface area contributed by atoms with Crippen molar-refractivity contribution in [1.82, 2.24) is 0 Å². The number of hydrogen-bond donors (Lipinski definition) is 1. The Bertz CT molecular complexity index is 377. The van der Waals surface area contributed by atoms with Crippen LogP contribution in [-0.2, 0) is 12.7 Å². The van der Waals surface area contributed by atoms with Crippen LogP contribution in [0.1, 0.15) is 16.7 Å². The summed E-state index contributed by atoms with van der Waals surface area (Å²) in [5.41, 5.74) is 4.16. The lowest BCUT2D eigenvalue weighted by Crippen LogP contribution is -2.13. The predicted octanol–water partition coefficient (Wildman–Crippen LogP) is 2.04. The van der Waals surface area contributed by atoms with Crippen LogP contribution in [0.25, 0.3) is 0 Å². The molecular formula is C9H7F3N2. The normalized spacial score (nSPS) is 11.1. The fourth-order valence-corrected chi connectivity index (χ4v) is 1.18. The third-order valence-electron chi connectivity index (χ3n) is 1.81. The predicted molar refractivity (Wildman–Crippen MR) is 44.1 cm³/mol. The maximum Gasteiger partial charge on any atom is 0.416 e. The monoisotopic (exact) mass is 200 g/mol. The minimum absolute atomic E-state index is 0.0256. The van der Waals surface area contributed by atoms with Crippen molar-refractivity contribution in [3.63, 3.8) is 0 Å². The van der Waals surface area contributed by atoms with Gasteiger partial charge in [-0.3, -0.25) is 0 Å². The van der Waals surface area contributed by atoms with Crippen molar-refractivity contribution in [2.24, 2.45) is 5.73 Å². The van der Waals surface area contributed by atoms with Gasteiger partial charge in [-0.2, -0.15) is 18.4 Å². The highest BCUT2D eigenvalue weighted by molar-refractivity contribution is 5.43. The Balaban J connectivity index is 3.39. The van der Waals surface area contributed by atoms with Crippen LogP contribution in [0.4, 0.5) is 13.2 Å². The number of benzene rings is 1. The molecule has 0 bridgehead atoms. The molecule has 0 unspecified atom stereocenters. The molecule has 14 heavy (non-hydrogen) atoms. The minimum atomic E-state index is -4.46. The molecule has 0 saturated heterocycles. The van der Waals surface area contributed by atoms with E-state index in [0.717, 1.165) is 6.07 Å². The van der Waals surface area contributed by atoms with Crippen molar-refractivity contribution < 1.29 is 13.2 Å². The summed E-state index contributed by atoms with van der Waals surface area (Å²) in [5, 5.41) is 8.57. The van der Waals surface area contributed by atoms with E-state index in [0.29, 0.717) is 0 Å². The molecule has 74 valence electrons. The Labute approximate surface area is 78.8 Å². The maximum atomic E-state index is 12.4. The van der Waals surface area contributed by atoms with Gasteiger partial charge in [-0.25, -0.2) is 0 Å². The van der Waals surface area contributed by atoms with Gasteiger partial charge in [0.2, 0.25) is 0 Å². The van der Waals surface area contributed by atoms with E-state index in [1.54, 1.807) is 6.07 Å². The first-order chi connectivity index (χ1) is 6.50. The van der Waals surface area contributed by atoms with Gasteiger partial charge in [-0.1, -0.05) is 6.07 Å². The van der Waals surface area contributed by atoms with Crippen molar-refractivity contribution in [1.29, 1.82) is 5.26 Å². The topological polar surface area (TPSA) is 49.8 Å². The second-order valence-corrected chi connectivity index (χ2v) is 2.65. The molecule has 0 atom stereocenters. The molecule has 0 aliphatic carbocycles. The quantitative estimate of drug-likeness (QED) is 0.754. The average molecular weight is 200 g/mol. The van der Waals surface area contributed by atoms with Crippen molar-refractivity contribution in [3.8, 4) is 6.07 Å². The van der Waals surface area contributed by atoms with Gasteiger partial charge in [0.1, 0.15) is 0 Å². The lowest BCUT2D eigenvalue weighted by atomic mass is 10.0. The SMILES string of the molecule is N#Cc1cccc(C(F)(F)F)c1CN. The van der Waals surface area contributed by atoms with Gasteiger partial charge in [0, 0.05) is 6.54 Å². The highest BCUT2D eigenvalue weighted by atomic mass is 19.4. The molecule has 0 amide bonds. The summed E-state index contributed by atoms with van der Waals surface area (Å²) in [4.78, 5) is 0. The molecule has 0 radical (unpaired) electrons. The van der Waals surface area contributed by atoms with Crippen LogP contribution in [0.5, 0.6) is 0 Å². The Hall–Kier alpha value is -1.54. The molecule has 1 aromatic rings. The molecule has 0 spiro atoms. The number of hydrogen-bond acceptors (Lipinski definition) is 2. The van der Waals surface area contributed by atoms with Gasteiger partial charge >= 0.3 is 6.18 Å². The smallest absolute Gasteiger partial charge is 0.326 e. The van der Waals surface area contributed by atoms with Crippen LogP contribution in [0.15, 0.2) is 18.2 Å². The van der Waals surface area contributed by atoms with Crippen LogP contribution < -0.4 is 5.73 Å². The van der Waals surface area contributed by atoms with Crippen molar-refractivity contribution in [2.45, 2.75) is 12.7 Å². The van der Waals surface area contributed by atoms with Crippen molar-refractivity contribution in [2.75, 3.05) is 0 Å². The zero-order chi connectivity index (χ0) is 10.8. The summed E-state index contributed by atoms with van der Waals surface area (Å²) >= 11 is 0. The average Bonchev–Trinajstić information content (AvgIpc) is 2.15. The fourth-order valence-electron chi connectivity index (χ4n) is 1.18. The molecule has 0 aliphatic rings. The third-order valence-corrected chi connectivity index (χ3v) is 1.81. The number of halogens is 3. The Morgan fingerprint density at radius 1 is 1.36 bits per heavy atom. The second-order valence-electron chi connectivity index (χ2n) is 2.65. The van der Waals surface area contributed by atoms with Gasteiger partial charge in [-0.05, 0) is 17.7 Å². The Kier molecular flexibility index (Phi) is 2.77. The Morgan fingerprint density at radius 2 is 2.00 bits per heavy atom. The maximum absolute atomic E-state index is 12.4. The molecule has 0 fully saturated rings. The summed E-state index contributed by atoms with van der Waals surface area (Å²) in [6.07, 6.45) is -4.46. The second kappa shape index (κ2) is 3.68. The van der Waals surface area contributed by atoms with Gasteiger partial charge in [0.05, 0.1) is 17.2 Å². The number of nitriles is 1. The summed E-state index contributed by atoms with van der Waals surface area (Å²) in [6.45, 7) is -0.293. The number of nitrogens with zero attached hydrogens (tertiary/aromatic N) is 1. The summed E-state index contributed by atoms with van der Waals surface area (Å²) in [7, 11) is 0. The summed E-state index contributed by atoms with van der Waals surface area (Å²) in [5.74, 6) is 0. The number of nitrogens with two attached hydrogens (primary N) is 1. The molecule has 0 heterocycles. The van der Waals surface area contributed by atoms with E-state index in [9.17, 15) is 13.2 Å². The fraction of sp³-hybridized carbons (Fsp3) is 0.222. The molecule has 1 rings (SSSR count). The molecule has 1 aromatic carbocycles. The molecule has 2 N–H and O–H groups in total. The van der Waals surface area contributed by atoms with Crippen LogP contribution in [0.2, 0.25) is 0 Å². The first-order valence-corrected chi connectivity index (χ1v) is 3.80. The van der Waals surface area contributed by atoms with Crippen molar-refractivity contribution in [3.05, 3.63) is 34.9 Å². The Morgan fingerprint density at radius 3 is 2.43 bits per heavy atom. The first-order valence-electron chi connectivity index (χ1n) is 3.80. The van der Waals surface area contributed by atoms with Crippen molar-refractivity contribution >= 4 is 0 Å². The largest absolute Gasteiger partial charge is 0.416 e. The first kappa shape index (κ1) is 10.5. The molecule has 0 aliphatic heterocycles. The van der Waals surface area contributed by atoms with Crippen LogP contribution in [0, 0.1) is 11.3 Å². The standard InChI is InChI=1S/C9H7F3N2/c10-9(11,12)8-3-1-2-6(4-13)7(8)5-14/h1-3H,5,14H2. The number of alkyl halides is 3. The van der Waals surface area contributed by atoms with Gasteiger partial charge in [0.25, 0.3) is 0 Å². The number of rotatable bonds is 1. The van der Waals surface area contributed by atoms with E-state index >= 15 is 0 Å². The lowest BCUT2D eigenvalue weighted by molar-refractivity contribution is -0.138. The summed E-state index contributed by atoms with van der Waals surface area (Å²) in [6, 6.07) is 5.11. The van der Waals surface area contributed by atoms with Crippen LogP contribution in [-0.4, -0.2) is 0 Å². The molecule has 0 aromatic heterocycles. The molecular weight excluding hydrogens is 193 g/mol. The van der Waals surface area contributed by atoms with E-state index in [4.69, 9.17) is 11.0 Å². The zero-order valence-electron chi connectivity index (χ0n) is 7.10. The van der Waals surface area contributed by atoms with E-state index in [1.165, 1.54) is 12.1 Å². The summed E-state index contributed by atoms with van der Waals surface area (Å²) < 4.78 is 37.2. The van der Waals surface area contributed by atoms with Gasteiger partial charge in [-0.15, -0.1) is 0 Å². The van der Waals surface area contributed by atoms with E-state index in [1.807, 2.05) is 0 Å². The highest BCUT2D eigenvalue weighted by Gasteiger charge is 2.33. The van der Waals surface area contributed by atoms with Crippen LogP contribution in [0.3, 0.4) is 0 Å². The minimum Gasteiger partial charge on any atom is -0.326 e. The molecule has 0 saturated carbocycles. The molecule has 2 nitrogen and oxygen atoms in total. The van der Waals surface area contributed by atoms with Gasteiger partial charge < -0.3 is 5.73 Å². The van der Waals surface area contributed by atoms with Gasteiger partial charge in [0.15, 0.2) is 0 Å². The van der Waals surface area contributed by atoms with E-state index in [2.05, 4.69) is 0 Å². The molecule has 5 heteroatoms.